The predicted octanol–water partition coefficient (Wildman–Crippen LogP) is 8.78. The van der Waals surface area contributed by atoms with Crippen molar-refractivity contribution in [1.82, 2.24) is 4.57 Å². The Morgan fingerprint density at radius 3 is 2.24 bits per heavy atom. The summed E-state index contributed by atoms with van der Waals surface area (Å²) in [7, 11) is -1.92. The molecule has 230 valence electrons. The number of nitriles is 2. The number of carbonyl (C=O) groups is 1. The molecule has 0 fully saturated rings. The maximum absolute atomic E-state index is 12.8. The number of benzene rings is 2. The number of fused-ring (bicyclic) bond motifs is 1. The van der Waals surface area contributed by atoms with Gasteiger partial charge in [0.15, 0.2) is 6.61 Å². The standard InChI is InChI=1S/C21H16BrN3O7P2.4C2H6/c1-29-20-5-2-13(9-23)6-14(20)7-15(10-24)18-11-25(19-4-3-16(22)8-17(18)19)21(26)12-30-31-33-32-34(27)28;4*1-2/h2-8,11,27-28,33H,12H2,1H3;4*1-2H3/b15-7+;;;;. The molecule has 10 nitrogen and oxygen atoms in total. The molecule has 1 aromatic heterocycles. The largest absolute Gasteiger partial charge is 0.496 e. The second kappa shape index (κ2) is 24.9. The van der Waals surface area contributed by atoms with Crippen LogP contribution in [0.5, 0.6) is 5.75 Å². The van der Waals surface area contributed by atoms with Gasteiger partial charge in [-0.3, -0.25) is 13.7 Å². The van der Waals surface area contributed by atoms with Crippen LogP contribution < -0.4 is 4.74 Å². The smallest absolute Gasteiger partial charge is 0.332 e. The van der Waals surface area contributed by atoms with E-state index in [-0.39, 0.29) is 5.57 Å². The number of halogens is 1. The molecule has 0 spiro atoms. The van der Waals surface area contributed by atoms with Crippen LogP contribution in [0.4, 0.5) is 0 Å². The molecule has 2 N–H and O–H groups in total. The van der Waals surface area contributed by atoms with E-state index in [2.05, 4.69) is 37.1 Å². The monoisotopic (exact) mass is 683 g/mol. The lowest BCUT2D eigenvalue weighted by atomic mass is 10.0. The topological polar surface area (TPSA) is 147 Å². The van der Waals surface area contributed by atoms with Gasteiger partial charge in [-0.25, -0.2) is 4.89 Å². The summed E-state index contributed by atoms with van der Waals surface area (Å²) in [6, 6.07) is 14.3. The molecule has 42 heavy (non-hydrogen) atoms. The molecule has 0 aliphatic carbocycles. The lowest BCUT2D eigenvalue weighted by Crippen LogP contribution is -2.15. The van der Waals surface area contributed by atoms with E-state index in [1.807, 2.05) is 55.4 Å². The first-order valence-corrected chi connectivity index (χ1v) is 16.1. The van der Waals surface area contributed by atoms with E-state index < -0.39 is 30.2 Å². The highest BCUT2D eigenvalue weighted by Crippen LogP contribution is 2.36. The Bertz CT molecular complexity index is 1330. The summed E-state index contributed by atoms with van der Waals surface area (Å²) >= 11 is 3.41. The molecule has 3 aromatic rings. The highest BCUT2D eigenvalue weighted by molar-refractivity contribution is 9.10. The Hall–Kier alpha value is -2.69. The molecular formula is C29H40BrN3O7P2. The van der Waals surface area contributed by atoms with Crippen molar-refractivity contribution in [2.75, 3.05) is 13.7 Å². The van der Waals surface area contributed by atoms with Gasteiger partial charge in [0.2, 0.25) is 9.03 Å². The minimum Gasteiger partial charge on any atom is -0.496 e. The zero-order valence-corrected chi connectivity index (χ0v) is 28.9. The molecule has 0 aliphatic heterocycles. The molecule has 1 atom stereocenters. The minimum atomic E-state index is -2.59. The fraction of sp³-hybridized carbons (Fsp3) is 0.345. The lowest BCUT2D eigenvalue weighted by molar-refractivity contribution is -0.189. The highest BCUT2D eigenvalue weighted by Gasteiger charge is 2.18. The Morgan fingerprint density at radius 2 is 1.69 bits per heavy atom. The van der Waals surface area contributed by atoms with Crippen molar-refractivity contribution in [3.8, 4) is 17.9 Å². The van der Waals surface area contributed by atoms with Gasteiger partial charge in [-0.05, 0) is 42.5 Å². The molecular weight excluding hydrogens is 644 g/mol. The van der Waals surface area contributed by atoms with Crippen LogP contribution in [0.25, 0.3) is 22.6 Å². The molecule has 13 heteroatoms. The summed E-state index contributed by atoms with van der Waals surface area (Å²) in [6.07, 6.45) is 3.10. The van der Waals surface area contributed by atoms with Crippen LogP contribution in [0.15, 0.2) is 47.1 Å². The Morgan fingerprint density at radius 1 is 1.05 bits per heavy atom. The van der Waals surface area contributed by atoms with E-state index in [1.54, 1.807) is 42.5 Å². The van der Waals surface area contributed by atoms with Crippen molar-refractivity contribution in [3.63, 3.8) is 0 Å². The summed E-state index contributed by atoms with van der Waals surface area (Å²) in [4.78, 5) is 34.9. The van der Waals surface area contributed by atoms with E-state index in [1.165, 1.54) is 17.9 Å². The van der Waals surface area contributed by atoms with Gasteiger partial charge in [-0.1, -0.05) is 71.3 Å². The van der Waals surface area contributed by atoms with E-state index in [9.17, 15) is 15.3 Å². The van der Waals surface area contributed by atoms with E-state index in [0.717, 1.165) is 4.47 Å². The number of methoxy groups -OCH3 is 1. The van der Waals surface area contributed by atoms with Gasteiger partial charge < -0.3 is 14.5 Å². The Labute approximate surface area is 260 Å². The molecule has 0 radical (unpaired) electrons. The second-order valence-electron chi connectivity index (χ2n) is 6.48. The average Bonchev–Trinajstić information content (AvgIpc) is 3.41. The number of hydrogen-bond acceptors (Lipinski definition) is 9. The van der Waals surface area contributed by atoms with Crippen LogP contribution in [0.3, 0.4) is 0 Å². The molecule has 0 saturated heterocycles. The molecule has 3 rings (SSSR count). The van der Waals surface area contributed by atoms with E-state index in [4.69, 9.17) is 19.4 Å². The van der Waals surface area contributed by atoms with Crippen LogP contribution in [0.1, 0.15) is 76.9 Å². The molecule has 1 unspecified atom stereocenters. The quantitative estimate of drug-likeness (QED) is 0.0742. The number of hydrogen-bond donors (Lipinski definition) is 2. The predicted molar refractivity (Wildman–Crippen MR) is 175 cm³/mol. The lowest BCUT2D eigenvalue weighted by Gasteiger charge is -2.06. The molecule has 0 bridgehead atoms. The summed E-state index contributed by atoms with van der Waals surface area (Å²) in [5, 5.41) is 19.8. The van der Waals surface area contributed by atoms with Gasteiger partial charge in [0.25, 0.3) is 5.91 Å². The van der Waals surface area contributed by atoms with Crippen LogP contribution in [-0.2, 0) is 13.9 Å². The van der Waals surface area contributed by atoms with Gasteiger partial charge in [-0.2, -0.15) is 15.2 Å². The highest BCUT2D eigenvalue weighted by atomic mass is 79.9. The van der Waals surface area contributed by atoms with Crippen LogP contribution in [0.2, 0.25) is 0 Å². The third kappa shape index (κ3) is 13.1. The van der Waals surface area contributed by atoms with Gasteiger partial charge in [-0.15, -0.1) is 0 Å². The fourth-order valence-electron chi connectivity index (χ4n) is 3.09. The van der Waals surface area contributed by atoms with Crippen molar-refractivity contribution < 1.29 is 33.2 Å². The van der Waals surface area contributed by atoms with Crippen molar-refractivity contribution >= 4 is 62.0 Å². The molecule has 0 amide bonds. The van der Waals surface area contributed by atoms with Crippen molar-refractivity contribution in [2.24, 2.45) is 0 Å². The normalized spacial score (nSPS) is 10.1. The first kappa shape index (κ1) is 41.4. The Balaban J connectivity index is 0. The van der Waals surface area contributed by atoms with Gasteiger partial charge in [0.1, 0.15) is 5.75 Å². The van der Waals surface area contributed by atoms with E-state index >= 15 is 0 Å². The fourth-order valence-corrected chi connectivity index (χ4v) is 3.94. The summed E-state index contributed by atoms with van der Waals surface area (Å²) in [5.41, 5.74) is 2.19. The summed E-state index contributed by atoms with van der Waals surface area (Å²) in [5.74, 6) is -0.0178. The SMILES string of the molecule is CC.CC.CC.CC.COc1ccc(C#N)cc1/C=C(\C#N)c1cn(C(=O)COOPOP(O)O)c2ccc(Br)cc12. The van der Waals surface area contributed by atoms with E-state index in [0.29, 0.717) is 33.3 Å². The number of nitrogens with zero attached hydrogens (tertiary/aromatic N) is 3. The van der Waals surface area contributed by atoms with Gasteiger partial charge >= 0.3 is 8.60 Å². The molecule has 0 aliphatic rings. The first-order valence-electron chi connectivity index (χ1n) is 13.3. The zero-order chi connectivity index (χ0) is 32.7. The first-order chi connectivity index (χ1) is 20.4. The minimum absolute atomic E-state index is 0.245. The third-order valence-electron chi connectivity index (χ3n) is 4.50. The number of aromatic nitrogens is 1. The Kier molecular flexibility index (Phi) is 24.5. The van der Waals surface area contributed by atoms with Crippen LogP contribution in [-0.4, -0.2) is 34.0 Å². The number of ether oxygens (including phenoxy) is 1. The number of rotatable bonds is 9. The molecule has 0 saturated carbocycles. The number of allylic oxidation sites excluding steroid dienone is 1. The van der Waals surface area contributed by atoms with Gasteiger partial charge in [0, 0.05) is 27.2 Å². The maximum atomic E-state index is 12.8. The van der Waals surface area contributed by atoms with Crippen molar-refractivity contribution in [1.29, 1.82) is 10.5 Å². The zero-order valence-electron chi connectivity index (χ0n) is 25.4. The van der Waals surface area contributed by atoms with Crippen LogP contribution >= 0.6 is 33.6 Å². The second-order valence-corrected chi connectivity index (χ2v) is 8.96. The van der Waals surface area contributed by atoms with Gasteiger partial charge in [0.05, 0.1) is 35.9 Å². The van der Waals surface area contributed by atoms with Crippen molar-refractivity contribution in [2.45, 2.75) is 55.4 Å². The van der Waals surface area contributed by atoms with Crippen molar-refractivity contribution in [3.05, 3.63) is 63.8 Å². The average molecular weight is 685 g/mol. The maximum Gasteiger partial charge on any atom is 0.332 e. The summed E-state index contributed by atoms with van der Waals surface area (Å²) in [6.45, 7) is 15.5. The molecule has 1 heterocycles. The number of carbonyl (C=O) groups excluding carboxylic acids is 1. The van der Waals surface area contributed by atoms with Crippen LogP contribution in [0, 0.1) is 22.7 Å². The molecule has 2 aromatic carbocycles. The third-order valence-corrected chi connectivity index (χ3v) is 6.13. The summed E-state index contributed by atoms with van der Waals surface area (Å²) < 4.78 is 16.5.